The molecule has 0 spiro atoms. The predicted molar refractivity (Wildman–Crippen MR) is 202 cm³/mol. The van der Waals surface area contributed by atoms with Crippen molar-refractivity contribution in [3.63, 3.8) is 0 Å². The van der Waals surface area contributed by atoms with Gasteiger partial charge in [-0.3, -0.25) is 0 Å². The smallest absolute Gasteiger partial charge is 0.0417 e. The van der Waals surface area contributed by atoms with Crippen molar-refractivity contribution in [1.29, 1.82) is 0 Å². The van der Waals surface area contributed by atoms with Crippen LogP contribution >= 0.6 is 0 Å². The Morgan fingerprint density at radius 1 is 0.362 bits per heavy atom. The summed E-state index contributed by atoms with van der Waals surface area (Å²) in [6.07, 6.45) is 60.2. The first-order valence-corrected chi connectivity index (χ1v) is 17.1. The van der Waals surface area contributed by atoms with Gasteiger partial charge in [0.25, 0.3) is 0 Å². The molecule has 0 saturated heterocycles. The fraction of sp³-hybridized carbons (Fsp3) is 0.419. The van der Waals surface area contributed by atoms with Crippen LogP contribution < -0.4 is 10.2 Å². The van der Waals surface area contributed by atoms with E-state index >= 15 is 0 Å². The first kappa shape index (κ1) is 47.5. The Kier molecular flexibility index (Phi) is 44.7. The highest BCUT2D eigenvalue weighted by molar-refractivity contribution is 5.64. The fourth-order valence-electron chi connectivity index (χ4n) is 3.57. The summed E-state index contributed by atoms with van der Waals surface area (Å²) < 4.78 is 0. The molecule has 0 aliphatic heterocycles. The van der Waals surface area contributed by atoms with Crippen LogP contribution in [0.15, 0.2) is 134 Å². The number of unbranched alkanes of at least 4 members (excludes halogenated alkanes) is 1. The zero-order valence-corrected chi connectivity index (χ0v) is 29.6. The summed E-state index contributed by atoms with van der Waals surface area (Å²) in [6.45, 7) is 4.29. The summed E-state index contributed by atoms with van der Waals surface area (Å²) in [6, 6.07) is 0. The molecule has 262 valence electrons. The third-order valence-corrected chi connectivity index (χ3v) is 6.02. The van der Waals surface area contributed by atoms with E-state index < -0.39 is 11.9 Å². The lowest BCUT2D eigenvalue weighted by atomic mass is 10.2. The van der Waals surface area contributed by atoms with Gasteiger partial charge in [0.15, 0.2) is 0 Å². The lowest BCUT2D eigenvalue weighted by molar-refractivity contribution is -0.307. The normalized spacial score (nSPS) is 12.6. The van der Waals surface area contributed by atoms with E-state index in [1.807, 2.05) is 18.2 Å². The van der Waals surface area contributed by atoms with E-state index in [0.29, 0.717) is 12.8 Å². The highest BCUT2D eigenvalue weighted by atomic mass is 16.4. The molecule has 0 aromatic carbocycles. The number of aliphatic carboxylic acids is 2. The molecule has 0 heterocycles. The lowest BCUT2D eigenvalue weighted by Crippen LogP contribution is -2.21. The van der Waals surface area contributed by atoms with Crippen molar-refractivity contribution in [2.75, 3.05) is 0 Å². The molecule has 0 atom stereocenters. The molecule has 0 saturated carbocycles. The van der Waals surface area contributed by atoms with Crippen molar-refractivity contribution >= 4 is 11.9 Å². The maximum Gasteiger partial charge on any atom is 0.0417 e. The van der Waals surface area contributed by atoms with Gasteiger partial charge in [0.05, 0.1) is 0 Å². The average molecular weight is 644 g/mol. The molecule has 0 aliphatic rings. The second-order valence-corrected chi connectivity index (χ2v) is 10.3. The maximum atomic E-state index is 10.2. The van der Waals surface area contributed by atoms with Gasteiger partial charge in [0, 0.05) is 11.9 Å². The molecule has 0 aromatic rings. The topological polar surface area (TPSA) is 80.3 Å². The molecule has 0 unspecified atom stereocenters. The summed E-state index contributed by atoms with van der Waals surface area (Å²) in [5.41, 5.74) is 0. The molecular weight excluding hydrogens is 580 g/mol. The molecule has 4 heteroatoms. The molecule has 0 N–H and O–H groups in total. The summed E-state index contributed by atoms with van der Waals surface area (Å²) in [5.74, 6) is -1.96. The largest absolute Gasteiger partial charge is 0.550 e. The fourth-order valence-corrected chi connectivity index (χ4v) is 3.57. The van der Waals surface area contributed by atoms with E-state index in [9.17, 15) is 19.8 Å². The molecule has 0 rings (SSSR count). The molecule has 47 heavy (non-hydrogen) atoms. The Balaban J connectivity index is -0.000000810. The van der Waals surface area contributed by atoms with Gasteiger partial charge >= 0.3 is 0 Å². The summed E-state index contributed by atoms with van der Waals surface area (Å²) in [4.78, 5) is 20.4. The quantitative estimate of drug-likeness (QED) is 0.0507. The predicted octanol–water partition coefficient (Wildman–Crippen LogP) is 10.3. The minimum atomic E-state index is -0.991. The second-order valence-electron chi connectivity index (χ2n) is 10.3. The van der Waals surface area contributed by atoms with E-state index in [2.05, 4.69) is 129 Å². The van der Waals surface area contributed by atoms with Crippen LogP contribution in [-0.4, -0.2) is 11.9 Å². The first-order valence-electron chi connectivity index (χ1n) is 17.1. The number of rotatable bonds is 27. The van der Waals surface area contributed by atoms with Crippen LogP contribution in [0.1, 0.15) is 117 Å². The zero-order chi connectivity index (χ0) is 34.0. The molecule has 0 bridgehead atoms. The van der Waals surface area contributed by atoms with E-state index in [4.69, 9.17) is 0 Å². The minimum absolute atomic E-state index is 0. The van der Waals surface area contributed by atoms with Crippen LogP contribution in [0.25, 0.3) is 0 Å². The summed E-state index contributed by atoms with van der Waals surface area (Å²) in [5, 5.41) is 20.4. The van der Waals surface area contributed by atoms with Crippen LogP contribution in [0.3, 0.4) is 0 Å². The number of hydrogen-bond donors (Lipinski definition) is 0. The third kappa shape index (κ3) is 51.9. The van der Waals surface area contributed by atoms with E-state index in [1.54, 1.807) is 0 Å². The van der Waals surface area contributed by atoms with Gasteiger partial charge in [-0.05, 0) is 103 Å². The Hall–Kier alpha value is -3.92. The monoisotopic (exact) mass is 643 g/mol. The number of carboxylic acid groups (broad SMARTS) is 2. The van der Waals surface area contributed by atoms with Crippen molar-refractivity contribution in [3.05, 3.63) is 141 Å². The van der Waals surface area contributed by atoms with Crippen molar-refractivity contribution in [2.45, 2.75) is 117 Å². The van der Waals surface area contributed by atoms with E-state index in [-0.39, 0.29) is 20.3 Å². The number of carbonyl (C=O) groups is 2. The summed E-state index contributed by atoms with van der Waals surface area (Å²) >= 11 is 0. The molecule has 0 radical (unpaired) electrons. The van der Waals surface area contributed by atoms with Crippen molar-refractivity contribution in [2.24, 2.45) is 0 Å². The molecular formula is C43H63O4-3. The average Bonchev–Trinajstić information content (AvgIpc) is 3.03. The number of hydrogen-bond acceptors (Lipinski definition) is 4. The van der Waals surface area contributed by atoms with Crippen LogP contribution in [-0.2, 0) is 9.59 Å². The Morgan fingerprint density at radius 3 is 0.851 bits per heavy atom. The van der Waals surface area contributed by atoms with E-state index in [0.717, 1.165) is 77.0 Å². The van der Waals surface area contributed by atoms with E-state index in [1.165, 1.54) is 0 Å². The molecule has 0 aromatic heterocycles. The maximum absolute atomic E-state index is 10.2. The number of allylic oxidation sites excluding steroid dienone is 22. The third-order valence-electron chi connectivity index (χ3n) is 6.02. The zero-order valence-electron chi connectivity index (χ0n) is 29.6. The minimum Gasteiger partial charge on any atom is -0.550 e. The molecule has 0 amide bonds. The summed E-state index contributed by atoms with van der Waals surface area (Å²) in [7, 11) is 0. The Labute approximate surface area is 288 Å². The van der Waals surface area contributed by atoms with Crippen LogP contribution in [0.2, 0.25) is 0 Å². The van der Waals surface area contributed by atoms with Gasteiger partial charge in [-0.1, -0.05) is 148 Å². The standard InChI is InChI=1S/C22H32O2.C20H30O2.CH3/c1-2-3-4-5-6-7-8-9-10-11-12-13-14-15-16-17-18-19-20-21-22(23)24;1-2-3-4-5-6-7-8-9-10-11-12-13-14-15-16-17-18-19-20(21)22;/h3-4,6-7,9-10,12-13,15-16,18-19H,2,5,8,11,14,17,20-21H2,1H3,(H,23,24);3-4,6-7,9-10,12-13,15-16H,2,5,8,11,14,17-19H2,1H3,(H,21,22);1H3/q;;-1/p-2/b4-3+,7-6+,10-9+,13-12+,16-15+,19-18+;4-3+,7-6+,10-9+,13-12+,16-15+;. The van der Waals surface area contributed by atoms with Gasteiger partial charge in [-0.2, -0.15) is 0 Å². The molecule has 4 nitrogen and oxygen atoms in total. The van der Waals surface area contributed by atoms with Gasteiger partial charge < -0.3 is 27.2 Å². The number of carbonyl (C=O) groups excluding carboxylic acids is 2. The molecule has 0 fully saturated rings. The van der Waals surface area contributed by atoms with Gasteiger partial charge in [0.2, 0.25) is 0 Å². The van der Waals surface area contributed by atoms with Crippen molar-refractivity contribution < 1.29 is 19.8 Å². The highest BCUT2D eigenvalue weighted by Crippen LogP contribution is 2.00. The highest BCUT2D eigenvalue weighted by Gasteiger charge is 1.84. The van der Waals surface area contributed by atoms with Crippen molar-refractivity contribution in [3.8, 4) is 0 Å². The van der Waals surface area contributed by atoms with Crippen molar-refractivity contribution in [1.82, 2.24) is 0 Å². The van der Waals surface area contributed by atoms with Gasteiger partial charge in [-0.15, -0.1) is 0 Å². The Morgan fingerprint density at radius 2 is 0.596 bits per heavy atom. The number of carboxylic acids is 2. The van der Waals surface area contributed by atoms with Crippen LogP contribution in [0, 0.1) is 7.43 Å². The molecule has 0 aliphatic carbocycles. The lowest BCUT2D eigenvalue weighted by Gasteiger charge is -1.97. The van der Waals surface area contributed by atoms with Crippen LogP contribution in [0.4, 0.5) is 0 Å². The van der Waals surface area contributed by atoms with Gasteiger partial charge in [0.1, 0.15) is 0 Å². The van der Waals surface area contributed by atoms with Gasteiger partial charge in [-0.25, -0.2) is 0 Å². The second kappa shape index (κ2) is 44.2. The Bertz CT molecular complexity index is 1030. The first-order chi connectivity index (χ1) is 22.5. The van der Waals surface area contributed by atoms with Crippen LogP contribution in [0.5, 0.6) is 0 Å². The SMILES string of the molecule is CC/C=C/C/C=C/C/C=C/C/C=C/C/C=C/C/C=C/CCC(=O)[O-].CC/C=C/C/C=C/C/C=C/C/C=C/C/C=C/CCCC(=O)[O-].[CH3-].